The lowest BCUT2D eigenvalue weighted by Crippen LogP contribution is -2.39. The van der Waals surface area contributed by atoms with E-state index in [0.717, 1.165) is 19.9 Å². The van der Waals surface area contributed by atoms with Crippen LogP contribution in [0.2, 0.25) is 0 Å². The summed E-state index contributed by atoms with van der Waals surface area (Å²) in [5.74, 6) is -2.05. The summed E-state index contributed by atoms with van der Waals surface area (Å²) in [6, 6.07) is 12.5. The van der Waals surface area contributed by atoms with E-state index >= 15 is 0 Å². The molecule has 0 aliphatic carbocycles. The number of anilines is 1. The number of hydrogen-bond acceptors (Lipinski definition) is 3. The van der Waals surface area contributed by atoms with Gasteiger partial charge >= 0.3 is 11.8 Å². The lowest BCUT2D eigenvalue weighted by atomic mass is 10.2. The first kappa shape index (κ1) is 21.1. The lowest BCUT2D eigenvalue weighted by molar-refractivity contribution is -0.136. The highest BCUT2D eigenvalue weighted by molar-refractivity contribution is 9.10. The van der Waals surface area contributed by atoms with E-state index < -0.39 is 17.7 Å². The molecule has 0 saturated carbocycles. The zero-order valence-electron chi connectivity index (χ0n) is 15.7. The minimum absolute atomic E-state index is 0.193. The van der Waals surface area contributed by atoms with Crippen molar-refractivity contribution < 1.29 is 14.4 Å². The maximum absolute atomic E-state index is 13.0. The number of carbonyl (C=O) groups is 3. The molecule has 0 spiro atoms. The number of nitrogens with one attached hydrogen (secondary N) is 3. The average Bonchev–Trinajstić information content (AvgIpc) is 3.01. The van der Waals surface area contributed by atoms with Crippen LogP contribution in [0.1, 0.15) is 23.0 Å². The van der Waals surface area contributed by atoms with E-state index in [2.05, 4.69) is 47.9 Å². The van der Waals surface area contributed by atoms with Crippen molar-refractivity contribution in [2.75, 3.05) is 17.3 Å². The van der Waals surface area contributed by atoms with E-state index in [1.165, 1.54) is 4.68 Å². The number of likely N-dealkylation sites (N-methyl/N-ethyl adjacent to an activating group) is 1. The number of halogens is 2. The van der Waals surface area contributed by atoms with E-state index in [4.69, 9.17) is 0 Å². The summed E-state index contributed by atoms with van der Waals surface area (Å²) < 4.78 is 3.05. The Morgan fingerprint density at radius 2 is 1.66 bits per heavy atom. The fraction of sp³-hybridized carbons (Fsp3) is 0.150. The molecule has 3 amide bonds. The second kappa shape index (κ2) is 8.79. The molecule has 7 nitrogen and oxygen atoms in total. The normalized spacial score (nSPS) is 10.6. The monoisotopic (exact) mass is 520 g/mol. The Bertz CT molecular complexity index is 1120. The first-order valence-corrected chi connectivity index (χ1v) is 10.4. The molecular weight excluding hydrogens is 504 g/mol. The number of amides is 3. The summed E-state index contributed by atoms with van der Waals surface area (Å²) in [7, 11) is 0. The van der Waals surface area contributed by atoms with Crippen LogP contribution >= 0.6 is 31.9 Å². The van der Waals surface area contributed by atoms with Gasteiger partial charge in [0.25, 0.3) is 5.91 Å². The molecule has 0 radical (unpaired) electrons. The van der Waals surface area contributed by atoms with Crippen LogP contribution in [-0.4, -0.2) is 28.9 Å². The molecule has 9 heteroatoms. The Labute approximate surface area is 184 Å². The van der Waals surface area contributed by atoms with Crippen LogP contribution in [-0.2, 0) is 9.59 Å². The van der Waals surface area contributed by atoms with Gasteiger partial charge in [-0.25, -0.2) is 4.68 Å². The summed E-state index contributed by atoms with van der Waals surface area (Å²) >= 11 is 6.80. The Hall–Kier alpha value is -2.65. The standard InChI is InChI=1S/C20H18Br2N4O3/c1-3-23-19(28)20(29)25-26-16-7-5-14(22)9-12(16)10-17(26)18(27)24-15-6-4-13(21)8-11(15)2/h4-10H,3H2,1-2H3,(H,23,28)(H,24,27)(H,25,29). The lowest BCUT2D eigenvalue weighted by Gasteiger charge is -2.13. The quantitative estimate of drug-likeness (QED) is 0.454. The summed E-state index contributed by atoms with van der Waals surface area (Å²) in [6.45, 7) is 3.92. The second-order valence-corrected chi connectivity index (χ2v) is 8.11. The van der Waals surface area contributed by atoms with E-state index in [1.807, 2.05) is 25.1 Å². The smallest absolute Gasteiger partial charge is 0.328 e. The van der Waals surface area contributed by atoms with Gasteiger partial charge in [-0.15, -0.1) is 0 Å². The first-order chi connectivity index (χ1) is 13.8. The van der Waals surface area contributed by atoms with Crippen LogP contribution in [0.25, 0.3) is 10.9 Å². The number of carbonyl (C=O) groups excluding carboxylic acids is 3. The van der Waals surface area contributed by atoms with E-state index in [1.54, 1.807) is 31.2 Å². The van der Waals surface area contributed by atoms with Gasteiger partial charge in [0.05, 0.1) is 5.52 Å². The second-order valence-electron chi connectivity index (χ2n) is 6.28. The number of benzene rings is 2. The minimum atomic E-state index is -0.860. The van der Waals surface area contributed by atoms with Crippen molar-refractivity contribution in [3.63, 3.8) is 0 Å². The van der Waals surface area contributed by atoms with Crippen LogP contribution in [0.4, 0.5) is 5.69 Å². The number of hydrogen-bond donors (Lipinski definition) is 3. The maximum atomic E-state index is 13.0. The van der Waals surface area contributed by atoms with Crippen LogP contribution in [0.3, 0.4) is 0 Å². The van der Waals surface area contributed by atoms with Crippen LogP contribution < -0.4 is 16.1 Å². The molecular formula is C20H18Br2N4O3. The van der Waals surface area contributed by atoms with Crippen molar-refractivity contribution in [3.05, 3.63) is 62.7 Å². The Morgan fingerprint density at radius 1 is 0.966 bits per heavy atom. The zero-order chi connectivity index (χ0) is 21.1. The molecule has 0 fully saturated rings. The number of rotatable bonds is 4. The van der Waals surface area contributed by atoms with E-state index in [9.17, 15) is 14.4 Å². The minimum Gasteiger partial charge on any atom is -0.348 e. The molecule has 2 aromatic carbocycles. The molecule has 1 heterocycles. The van der Waals surface area contributed by atoms with Gasteiger partial charge in [-0.1, -0.05) is 31.9 Å². The average molecular weight is 522 g/mol. The van der Waals surface area contributed by atoms with Gasteiger partial charge in [-0.3, -0.25) is 19.8 Å². The van der Waals surface area contributed by atoms with Gasteiger partial charge in [0, 0.05) is 26.6 Å². The van der Waals surface area contributed by atoms with Crippen molar-refractivity contribution in [2.45, 2.75) is 13.8 Å². The van der Waals surface area contributed by atoms with Crippen LogP contribution in [0.15, 0.2) is 51.4 Å². The van der Waals surface area contributed by atoms with Gasteiger partial charge in [0.15, 0.2) is 0 Å². The van der Waals surface area contributed by atoms with Crippen molar-refractivity contribution in [2.24, 2.45) is 0 Å². The third-order valence-corrected chi connectivity index (χ3v) is 5.18. The molecule has 150 valence electrons. The van der Waals surface area contributed by atoms with Crippen molar-refractivity contribution >= 4 is 66.2 Å². The molecule has 3 N–H and O–H groups in total. The molecule has 0 atom stereocenters. The van der Waals surface area contributed by atoms with Crippen molar-refractivity contribution in [3.8, 4) is 0 Å². The third kappa shape index (κ3) is 4.68. The number of aromatic nitrogens is 1. The summed E-state index contributed by atoms with van der Waals surface area (Å²) in [6.07, 6.45) is 0. The van der Waals surface area contributed by atoms with Crippen molar-refractivity contribution in [1.82, 2.24) is 9.99 Å². The van der Waals surface area contributed by atoms with Crippen LogP contribution in [0, 0.1) is 6.92 Å². The topological polar surface area (TPSA) is 92.2 Å². The Morgan fingerprint density at radius 3 is 2.34 bits per heavy atom. The largest absolute Gasteiger partial charge is 0.348 e. The molecule has 3 aromatic rings. The Kier molecular flexibility index (Phi) is 6.39. The summed E-state index contributed by atoms with van der Waals surface area (Å²) in [5, 5.41) is 6.02. The van der Waals surface area contributed by atoms with Gasteiger partial charge in [-0.2, -0.15) is 0 Å². The fourth-order valence-corrected chi connectivity index (χ4v) is 3.67. The molecule has 0 aliphatic rings. The first-order valence-electron chi connectivity index (χ1n) is 8.78. The van der Waals surface area contributed by atoms with E-state index in [0.29, 0.717) is 17.7 Å². The Balaban J connectivity index is 2.00. The predicted molar refractivity (Wildman–Crippen MR) is 120 cm³/mol. The maximum Gasteiger partial charge on any atom is 0.328 e. The molecule has 0 bridgehead atoms. The molecule has 3 rings (SSSR count). The fourth-order valence-electron chi connectivity index (χ4n) is 2.82. The predicted octanol–water partition coefficient (Wildman–Crippen LogP) is 3.93. The summed E-state index contributed by atoms with van der Waals surface area (Å²) in [5.41, 5.74) is 4.81. The molecule has 0 aliphatic heterocycles. The highest BCUT2D eigenvalue weighted by Crippen LogP contribution is 2.25. The number of aryl methyl sites for hydroxylation is 1. The van der Waals surface area contributed by atoms with E-state index in [-0.39, 0.29) is 5.69 Å². The molecule has 29 heavy (non-hydrogen) atoms. The van der Waals surface area contributed by atoms with Gasteiger partial charge in [-0.05, 0) is 61.9 Å². The van der Waals surface area contributed by atoms with Gasteiger partial charge < -0.3 is 10.6 Å². The highest BCUT2D eigenvalue weighted by atomic mass is 79.9. The van der Waals surface area contributed by atoms with Crippen molar-refractivity contribution in [1.29, 1.82) is 0 Å². The van der Waals surface area contributed by atoms with Crippen LogP contribution in [0.5, 0.6) is 0 Å². The summed E-state index contributed by atoms with van der Waals surface area (Å²) in [4.78, 5) is 37.1. The van der Waals surface area contributed by atoms with Gasteiger partial charge in [0.2, 0.25) is 0 Å². The highest BCUT2D eigenvalue weighted by Gasteiger charge is 2.21. The van der Waals surface area contributed by atoms with Gasteiger partial charge in [0.1, 0.15) is 5.69 Å². The molecule has 0 unspecified atom stereocenters. The zero-order valence-corrected chi connectivity index (χ0v) is 18.8. The molecule has 1 aromatic heterocycles. The third-order valence-electron chi connectivity index (χ3n) is 4.19. The molecule has 0 saturated heterocycles. The SMILES string of the molecule is CCNC(=O)C(=O)Nn1c(C(=O)Nc2ccc(Br)cc2C)cc2cc(Br)ccc21. The number of fused-ring (bicyclic) bond motifs is 1. The number of nitrogens with zero attached hydrogens (tertiary/aromatic N) is 1.